The highest BCUT2D eigenvalue weighted by molar-refractivity contribution is 7.91. The van der Waals surface area contributed by atoms with Crippen LogP contribution in [0.1, 0.15) is 41.2 Å². The van der Waals surface area contributed by atoms with Crippen molar-refractivity contribution in [2.45, 2.75) is 52.9 Å². The van der Waals surface area contributed by atoms with Gasteiger partial charge in [0.1, 0.15) is 0 Å². The van der Waals surface area contributed by atoms with Gasteiger partial charge >= 0.3 is 0 Å². The molecule has 27 heavy (non-hydrogen) atoms. The average Bonchev–Trinajstić information content (AvgIpc) is 2.57. The van der Waals surface area contributed by atoms with Crippen LogP contribution in [-0.4, -0.2) is 47.3 Å². The number of hydrogen-bond acceptors (Lipinski definition) is 5. The average molecular weight is 419 g/mol. The summed E-state index contributed by atoms with van der Waals surface area (Å²) in [4.78, 5) is 12.0. The van der Waals surface area contributed by atoms with E-state index in [1.807, 2.05) is 20.8 Å². The summed E-state index contributed by atoms with van der Waals surface area (Å²) < 4.78 is 50.7. The molecule has 9 heteroatoms. The van der Waals surface area contributed by atoms with E-state index < -0.39 is 25.8 Å². The molecular weight excluding hydrogens is 388 g/mol. The Morgan fingerprint density at radius 3 is 1.78 bits per heavy atom. The molecule has 0 radical (unpaired) electrons. The zero-order valence-electron chi connectivity index (χ0n) is 16.9. The summed E-state index contributed by atoms with van der Waals surface area (Å²) in [5.41, 5.74) is 4.36. The van der Waals surface area contributed by atoms with Gasteiger partial charge in [-0.05, 0) is 62.4 Å². The molecule has 1 rings (SSSR count). The van der Waals surface area contributed by atoms with E-state index in [0.717, 1.165) is 16.7 Å². The first kappa shape index (κ1) is 23.6. The summed E-state index contributed by atoms with van der Waals surface area (Å²) in [7, 11) is -6.90. The normalized spacial score (nSPS) is 12.2. The summed E-state index contributed by atoms with van der Waals surface area (Å²) in [5, 5.41) is 2.49. The number of rotatable bonds is 9. The van der Waals surface area contributed by atoms with Crippen LogP contribution in [0.5, 0.6) is 0 Å². The van der Waals surface area contributed by atoms with E-state index in [-0.39, 0.29) is 35.9 Å². The predicted octanol–water partition coefficient (Wildman–Crippen LogP) is 1.45. The fraction of sp³-hybridized carbons (Fsp3) is 0.611. The lowest BCUT2D eigenvalue weighted by atomic mass is 9.95. The Morgan fingerprint density at radius 2 is 1.30 bits per heavy atom. The zero-order chi connectivity index (χ0) is 21.0. The zero-order valence-corrected chi connectivity index (χ0v) is 18.5. The van der Waals surface area contributed by atoms with Crippen molar-refractivity contribution in [3.8, 4) is 0 Å². The van der Waals surface area contributed by atoms with Crippen LogP contribution in [0.2, 0.25) is 0 Å². The molecule has 0 saturated carbocycles. The van der Waals surface area contributed by atoms with Crippen molar-refractivity contribution >= 4 is 25.8 Å². The molecule has 0 unspecified atom stereocenters. The molecule has 7 nitrogen and oxygen atoms in total. The molecule has 0 bridgehead atoms. The van der Waals surface area contributed by atoms with Crippen LogP contribution in [0.4, 0.5) is 0 Å². The third-order valence-electron chi connectivity index (χ3n) is 5.02. The molecule has 0 aliphatic heterocycles. The van der Waals surface area contributed by atoms with Crippen molar-refractivity contribution in [1.82, 2.24) is 10.0 Å². The number of benzene rings is 1. The van der Waals surface area contributed by atoms with Gasteiger partial charge in [-0.3, -0.25) is 4.79 Å². The molecule has 0 atom stereocenters. The molecule has 154 valence electrons. The molecule has 1 amide bonds. The van der Waals surface area contributed by atoms with Crippen LogP contribution in [0.15, 0.2) is 4.90 Å². The topological polar surface area (TPSA) is 109 Å². The molecule has 0 fully saturated rings. The van der Waals surface area contributed by atoms with E-state index >= 15 is 0 Å². The molecule has 1 aromatic carbocycles. The Bertz CT molecular complexity index is 891. The van der Waals surface area contributed by atoms with Crippen molar-refractivity contribution in [2.75, 3.05) is 24.6 Å². The fourth-order valence-corrected chi connectivity index (χ4v) is 5.15. The standard InChI is InChI=1S/C18H30N2O5S2/c1-7-26(22,23)11-10-19-17(21)8-9-20-27(24,25)18-15(5)13(3)12(2)14(4)16(18)6/h20H,7-11H2,1-6H3,(H,19,21). The summed E-state index contributed by atoms with van der Waals surface area (Å²) in [6.45, 7) is 10.8. The van der Waals surface area contributed by atoms with Gasteiger partial charge in [0, 0.05) is 25.3 Å². The van der Waals surface area contributed by atoms with E-state index in [1.165, 1.54) is 0 Å². The first-order valence-electron chi connectivity index (χ1n) is 8.87. The van der Waals surface area contributed by atoms with Crippen molar-refractivity contribution in [1.29, 1.82) is 0 Å². The number of sulfonamides is 1. The van der Waals surface area contributed by atoms with Crippen LogP contribution in [0, 0.1) is 34.6 Å². The summed E-state index contributed by atoms with van der Waals surface area (Å²) in [6.07, 6.45) is -0.0622. The number of sulfone groups is 1. The Hall–Kier alpha value is -1.45. The van der Waals surface area contributed by atoms with Crippen molar-refractivity contribution in [3.63, 3.8) is 0 Å². The molecule has 0 aliphatic rings. The SMILES string of the molecule is CCS(=O)(=O)CCNC(=O)CCNS(=O)(=O)c1c(C)c(C)c(C)c(C)c1C. The molecular formula is C18H30N2O5S2. The second kappa shape index (κ2) is 9.16. The maximum atomic E-state index is 12.7. The number of carbonyl (C=O) groups excluding carboxylic acids is 1. The quantitative estimate of drug-likeness (QED) is 0.631. The Kier molecular flexibility index (Phi) is 8.00. The third-order valence-corrected chi connectivity index (χ3v) is 8.46. The fourth-order valence-electron chi connectivity index (χ4n) is 2.82. The number of hydrogen-bond donors (Lipinski definition) is 2. The molecule has 0 aliphatic carbocycles. The minimum absolute atomic E-state index is 0.0241. The monoisotopic (exact) mass is 418 g/mol. The molecule has 0 saturated heterocycles. The molecule has 0 spiro atoms. The van der Waals surface area contributed by atoms with Gasteiger partial charge in [0.15, 0.2) is 9.84 Å². The highest BCUT2D eigenvalue weighted by atomic mass is 32.2. The second-order valence-corrected chi connectivity index (χ2v) is 10.9. The smallest absolute Gasteiger partial charge is 0.241 e. The molecule has 2 N–H and O–H groups in total. The second-order valence-electron chi connectivity index (χ2n) is 6.69. The molecule has 0 heterocycles. The number of nitrogens with one attached hydrogen (secondary N) is 2. The van der Waals surface area contributed by atoms with Crippen molar-refractivity contribution in [2.24, 2.45) is 0 Å². The van der Waals surface area contributed by atoms with Gasteiger partial charge in [0.05, 0.1) is 10.6 Å². The minimum Gasteiger partial charge on any atom is -0.355 e. The summed E-state index contributed by atoms with van der Waals surface area (Å²) in [5.74, 6) is -0.494. The highest BCUT2D eigenvalue weighted by Gasteiger charge is 2.23. The van der Waals surface area contributed by atoms with Gasteiger partial charge in [0.2, 0.25) is 15.9 Å². The van der Waals surface area contributed by atoms with Crippen molar-refractivity contribution in [3.05, 3.63) is 27.8 Å². The van der Waals surface area contributed by atoms with Gasteiger partial charge < -0.3 is 5.32 Å². The van der Waals surface area contributed by atoms with Crippen molar-refractivity contribution < 1.29 is 21.6 Å². The van der Waals surface area contributed by atoms with E-state index in [9.17, 15) is 21.6 Å². The third kappa shape index (κ3) is 6.02. The summed E-state index contributed by atoms with van der Waals surface area (Å²) >= 11 is 0. The maximum Gasteiger partial charge on any atom is 0.241 e. The van der Waals surface area contributed by atoms with Gasteiger partial charge in [-0.2, -0.15) is 0 Å². The molecule has 0 aromatic heterocycles. The van der Waals surface area contributed by atoms with E-state index in [4.69, 9.17) is 0 Å². The minimum atomic E-state index is -3.75. The van der Waals surface area contributed by atoms with E-state index in [1.54, 1.807) is 20.8 Å². The van der Waals surface area contributed by atoms with Crippen LogP contribution < -0.4 is 10.0 Å². The lowest BCUT2D eigenvalue weighted by molar-refractivity contribution is -0.120. The van der Waals surface area contributed by atoms with Gasteiger partial charge in [-0.15, -0.1) is 0 Å². The number of carbonyl (C=O) groups is 1. The Balaban J connectivity index is 2.74. The van der Waals surface area contributed by atoms with Crippen LogP contribution in [0.25, 0.3) is 0 Å². The summed E-state index contributed by atoms with van der Waals surface area (Å²) in [6, 6.07) is 0. The Labute approximate surface area is 162 Å². The lowest BCUT2D eigenvalue weighted by Gasteiger charge is -2.19. The van der Waals surface area contributed by atoms with E-state index in [2.05, 4.69) is 10.0 Å². The highest BCUT2D eigenvalue weighted by Crippen LogP contribution is 2.29. The maximum absolute atomic E-state index is 12.7. The molecule has 1 aromatic rings. The largest absolute Gasteiger partial charge is 0.355 e. The van der Waals surface area contributed by atoms with Gasteiger partial charge in [-0.25, -0.2) is 21.6 Å². The first-order valence-corrected chi connectivity index (χ1v) is 12.2. The van der Waals surface area contributed by atoms with Gasteiger partial charge in [-0.1, -0.05) is 6.92 Å². The Morgan fingerprint density at radius 1 is 0.815 bits per heavy atom. The number of amides is 1. The van der Waals surface area contributed by atoms with Gasteiger partial charge in [0.25, 0.3) is 0 Å². The predicted molar refractivity (Wildman–Crippen MR) is 107 cm³/mol. The van der Waals surface area contributed by atoms with Crippen LogP contribution >= 0.6 is 0 Å². The van der Waals surface area contributed by atoms with E-state index in [0.29, 0.717) is 11.1 Å². The first-order chi connectivity index (χ1) is 12.3. The lowest BCUT2D eigenvalue weighted by Crippen LogP contribution is -2.33. The van der Waals surface area contributed by atoms with Crippen LogP contribution in [-0.2, 0) is 24.7 Å². The van der Waals surface area contributed by atoms with Crippen LogP contribution in [0.3, 0.4) is 0 Å².